The van der Waals surface area contributed by atoms with E-state index in [1.54, 1.807) is 7.11 Å². The number of nitrogens with one attached hydrogen (secondary N) is 1. The van der Waals surface area contributed by atoms with Crippen LogP contribution in [0.2, 0.25) is 0 Å². The Hall–Kier alpha value is -3.00. The molecule has 0 aliphatic rings. The second-order valence-corrected chi connectivity index (χ2v) is 5.57. The zero-order valence-corrected chi connectivity index (χ0v) is 13.8. The molecule has 3 rings (SSSR count). The molecule has 0 heterocycles. The van der Waals surface area contributed by atoms with Gasteiger partial charge in [0.25, 0.3) is 0 Å². The summed E-state index contributed by atoms with van der Waals surface area (Å²) in [6, 6.07) is 26.9. The molecule has 0 amide bonds. The monoisotopic (exact) mass is 315 g/mol. The highest BCUT2D eigenvalue weighted by atomic mass is 16.5. The summed E-state index contributed by atoms with van der Waals surface area (Å²) < 4.78 is 5.18. The van der Waals surface area contributed by atoms with E-state index in [1.807, 2.05) is 30.3 Å². The lowest BCUT2D eigenvalue weighted by Gasteiger charge is -2.07. The molecule has 24 heavy (non-hydrogen) atoms. The van der Waals surface area contributed by atoms with E-state index in [4.69, 9.17) is 4.74 Å². The van der Waals surface area contributed by atoms with Gasteiger partial charge in [-0.15, -0.1) is 0 Å². The maximum atomic E-state index is 5.18. The first-order chi connectivity index (χ1) is 11.8. The standard InChI is InChI=1S/C22H21NO/c1-24-22-14-12-18(13-15-22)10-11-19-8-5-9-21(16-19)23-17-20-6-3-2-4-7-20/h2-16,23H,17H2,1H3/b11-10+. The van der Waals surface area contributed by atoms with Crippen molar-refractivity contribution >= 4 is 17.8 Å². The van der Waals surface area contributed by atoms with Gasteiger partial charge in [0.1, 0.15) is 5.75 Å². The van der Waals surface area contributed by atoms with E-state index in [0.717, 1.165) is 23.5 Å². The molecule has 0 unspecified atom stereocenters. The lowest BCUT2D eigenvalue weighted by molar-refractivity contribution is 0.415. The Morgan fingerprint density at radius 2 is 1.54 bits per heavy atom. The zero-order valence-electron chi connectivity index (χ0n) is 13.8. The van der Waals surface area contributed by atoms with Crippen LogP contribution in [0, 0.1) is 0 Å². The summed E-state index contributed by atoms with van der Waals surface area (Å²) in [4.78, 5) is 0. The SMILES string of the molecule is COc1ccc(/C=C/c2cccc(NCc3ccccc3)c2)cc1. The second kappa shape index (κ2) is 8.02. The van der Waals surface area contributed by atoms with Gasteiger partial charge in [0.15, 0.2) is 0 Å². The number of methoxy groups -OCH3 is 1. The average Bonchev–Trinajstić information content (AvgIpc) is 2.66. The van der Waals surface area contributed by atoms with E-state index in [1.165, 1.54) is 11.1 Å². The molecule has 0 aliphatic carbocycles. The highest BCUT2D eigenvalue weighted by Crippen LogP contribution is 2.16. The summed E-state index contributed by atoms with van der Waals surface area (Å²) in [5.41, 5.74) is 4.72. The van der Waals surface area contributed by atoms with Crippen molar-refractivity contribution < 1.29 is 4.74 Å². The Kier molecular flexibility index (Phi) is 5.31. The molecule has 0 spiro atoms. The van der Waals surface area contributed by atoms with Gasteiger partial charge in [0, 0.05) is 12.2 Å². The summed E-state index contributed by atoms with van der Waals surface area (Å²) >= 11 is 0. The first kappa shape index (κ1) is 15.9. The van der Waals surface area contributed by atoms with Gasteiger partial charge >= 0.3 is 0 Å². The predicted molar refractivity (Wildman–Crippen MR) is 102 cm³/mol. The first-order valence-corrected chi connectivity index (χ1v) is 8.03. The van der Waals surface area contributed by atoms with Crippen molar-refractivity contribution in [1.82, 2.24) is 0 Å². The normalized spacial score (nSPS) is 10.7. The van der Waals surface area contributed by atoms with Crippen molar-refractivity contribution in [2.75, 3.05) is 12.4 Å². The van der Waals surface area contributed by atoms with E-state index >= 15 is 0 Å². The summed E-state index contributed by atoms with van der Waals surface area (Å²) in [6.07, 6.45) is 4.23. The molecule has 2 nitrogen and oxygen atoms in total. The summed E-state index contributed by atoms with van der Waals surface area (Å²) in [5.74, 6) is 0.874. The Bertz CT molecular complexity index is 792. The van der Waals surface area contributed by atoms with Crippen molar-refractivity contribution in [3.8, 4) is 5.75 Å². The van der Waals surface area contributed by atoms with E-state index in [9.17, 15) is 0 Å². The van der Waals surface area contributed by atoms with Crippen molar-refractivity contribution in [1.29, 1.82) is 0 Å². The average molecular weight is 315 g/mol. The first-order valence-electron chi connectivity index (χ1n) is 8.03. The van der Waals surface area contributed by atoms with Crippen LogP contribution in [0.25, 0.3) is 12.2 Å². The molecule has 0 atom stereocenters. The van der Waals surface area contributed by atoms with Crippen LogP contribution in [-0.4, -0.2) is 7.11 Å². The fraction of sp³-hybridized carbons (Fsp3) is 0.0909. The predicted octanol–water partition coefficient (Wildman–Crippen LogP) is 5.48. The largest absolute Gasteiger partial charge is 0.497 e. The van der Waals surface area contributed by atoms with Crippen LogP contribution in [0.15, 0.2) is 78.9 Å². The van der Waals surface area contributed by atoms with E-state index in [0.29, 0.717) is 0 Å². The van der Waals surface area contributed by atoms with Gasteiger partial charge in [-0.05, 0) is 41.0 Å². The van der Waals surface area contributed by atoms with Gasteiger partial charge < -0.3 is 10.1 Å². The van der Waals surface area contributed by atoms with Gasteiger partial charge in [-0.1, -0.05) is 66.7 Å². The van der Waals surface area contributed by atoms with Gasteiger partial charge in [0.05, 0.1) is 7.11 Å². The van der Waals surface area contributed by atoms with Gasteiger partial charge in [-0.3, -0.25) is 0 Å². The maximum absolute atomic E-state index is 5.18. The van der Waals surface area contributed by atoms with Crippen LogP contribution in [0.4, 0.5) is 5.69 Å². The number of anilines is 1. The van der Waals surface area contributed by atoms with E-state index < -0.39 is 0 Å². The molecule has 0 radical (unpaired) electrons. The minimum Gasteiger partial charge on any atom is -0.497 e. The molecular formula is C22H21NO. The lowest BCUT2D eigenvalue weighted by atomic mass is 10.1. The Morgan fingerprint density at radius 3 is 2.29 bits per heavy atom. The quantitative estimate of drug-likeness (QED) is 0.608. The number of benzene rings is 3. The van der Waals surface area contributed by atoms with Crippen molar-refractivity contribution in [3.05, 3.63) is 95.6 Å². The van der Waals surface area contributed by atoms with Crippen LogP contribution in [0.3, 0.4) is 0 Å². The molecule has 3 aromatic carbocycles. The van der Waals surface area contributed by atoms with E-state index in [2.05, 4.69) is 66.0 Å². The molecule has 0 aromatic heterocycles. The number of hydrogen-bond donors (Lipinski definition) is 1. The molecule has 1 N–H and O–H groups in total. The Labute approximate surface area is 143 Å². The molecule has 0 saturated heterocycles. The van der Waals surface area contributed by atoms with E-state index in [-0.39, 0.29) is 0 Å². The smallest absolute Gasteiger partial charge is 0.118 e. The zero-order chi connectivity index (χ0) is 16.6. The highest BCUT2D eigenvalue weighted by molar-refractivity contribution is 5.71. The van der Waals surface area contributed by atoms with Crippen LogP contribution >= 0.6 is 0 Å². The molecular weight excluding hydrogens is 294 g/mol. The van der Waals surface area contributed by atoms with Gasteiger partial charge in [-0.25, -0.2) is 0 Å². The van der Waals surface area contributed by atoms with Crippen LogP contribution in [0.5, 0.6) is 5.75 Å². The number of hydrogen-bond acceptors (Lipinski definition) is 2. The van der Waals surface area contributed by atoms with Crippen LogP contribution in [0.1, 0.15) is 16.7 Å². The van der Waals surface area contributed by atoms with Gasteiger partial charge in [0.2, 0.25) is 0 Å². The second-order valence-electron chi connectivity index (χ2n) is 5.57. The molecule has 0 saturated carbocycles. The number of rotatable bonds is 6. The lowest BCUT2D eigenvalue weighted by Crippen LogP contribution is -1.98. The fourth-order valence-electron chi connectivity index (χ4n) is 2.46. The third kappa shape index (κ3) is 4.50. The molecule has 2 heteroatoms. The summed E-state index contributed by atoms with van der Waals surface area (Å²) in [7, 11) is 1.68. The van der Waals surface area contributed by atoms with Crippen LogP contribution < -0.4 is 10.1 Å². The maximum Gasteiger partial charge on any atom is 0.118 e. The highest BCUT2D eigenvalue weighted by Gasteiger charge is 1.95. The molecule has 3 aromatic rings. The third-order valence-corrected chi connectivity index (χ3v) is 3.81. The molecule has 0 fully saturated rings. The molecule has 120 valence electrons. The third-order valence-electron chi connectivity index (χ3n) is 3.81. The Balaban J connectivity index is 1.64. The van der Waals surface area contributed by atoms with Crippen molar-refractivity contribution in [3.63, 3.8) is 0 Å². The topological polar surface area (TPSA) is 21.3 Å². The van der Waals surface area contributed by atoms with Crippen molar-refractivity contribution in [2.24, 2.45) is 0 Å². The molecule has 0 bridgehead atoms. The molecule has 0 aliphatic heterocycles. The minimum atomic E-state index is 0.826. The van der Waals surface area contributed by atoms with Gasteiger partial charge in [-0.2, -0.15) is 0 Å². The summed E-state index contributed by atoms with van der Waals surface area (Å²) in [6.45, 7) is 0.826. The minimum absolute atomic E-state index is 0.826. The summed E-state index contributed by atoms with van der Waals surface area (Å²) in [5, 5.41) is 3.46. The van der Waals surface area contributed by atoms with Crippen molar-refractivity contribution in [2.45, 2.75) is 6.54 Å². The fourth-order valence-corrected chi connectivity index (χ4v) is 2.46. The van der Waals surface area contributed by atoms with Crippen LogP contribution in [-0.2, 0) is 6.54 Å². The number of ether oxygens (including phenoxy) is 1. The Morgan fingerprint density at radius 1 is 0.792 bits per heavy atom.